The minimum atomic E-state index is -1.45. The predicted molar refractivity (Wildman–Crippen MR) is 115 cm³/mol. The van der Waals surface area contributed by atoms with Crippen LogP contribution in [-0.2, 0) is 0 Å². The molecule has 0 saturated carbocycles. The van der Waals surface area contributed by atoms with E-state index in [1.807, 2.05) is 5.38 Å². The topological polar surface area (TPSA) is 115 Å². The fourth-order valence-corrected chi connectivity index (χ4v) is 4.44. The van der Waals surface area contributed by atoms with E-state index in [-0.39, 0.29) is 35.6 Å². The van der Waals surface area contributed by atoms with Crippen molar-refractivity contribution in [1.29, 1.82) is 0 Å². The van der Waals surface area contributed by atoms with Crippen LogP contribution < -0.4 is 15.8 Å². The third-order valence-electron chi connectivity index (χ3n) is 5.28. The number of anilines is 1. The van der Waals surface area contributed by atoms with Crippen molar-refractivity contribution in [2.75, 3.05) is 43.6 Å². The van der Waals surface area contributed by atoms with Crippen molar-refractivity contribution in [1.82, 2.24) is 9.58 Å². The number of hydrogen-bond acceptors (Lipinski definition) is 7. The molecular formula is C20H19FN4O5S. The SMILES string of the molecule is CNn1cc(C(=O)O)c(=O)c2cc(F)c(N3CCN(C(=O)c4cccs4)CC3)c(O)c21. The van der Waals surface area contributed by atoms with Crippen molar-refractivity contribution in [2.24, 2.45) is 0 Å². The second-order valence-electron chi connectivity index (χ2n) is 6.98. The van der Waals surface area contributed by atoms with Gasteiger partial charge in [-0.15, -0.1) is 11.3 Å². The maximum Gasteiger partial charge on any atom is 0.341 e. The number of phenolic OH excluding ortho intramolecular Hbond substituents is 1. The summed E-state index contributed by atoms with van der Waals surface area (Å²) in [4.78, 5) is 40.3. The third kappa shape index (κ3) is 3.46. The fourth-order valence-electron chi connectivity index (χ4n) is 3.75. The maximum atomic E-state index is 15.0. The number of phenols is 1. The van der Waals surface area contributed by atoms with E-state index in [1.54, 1.807) is 21.9 Å². The van der Waals surface area contributed by atoms with Crippen molar-refractivity contribution in [3.05, 3.63) is 56.3 Å². The van der Waals surface area contributed by atoms with Gasteiger partial charge in [0.25, 0.3) is 5.91 Å². The minimum absolute atomic E-state index is 0.0222. The Morgan fingerprint density at radius 1 is 1.23 bits per heavy atom. The molecule has 2 aromatic heterocycles. The molecule has 4 rings (SSSR count). The number of rotatable bonds is 4. The molecule has 1 fully saturated rings. The first-order chi connectivity index (χ1) is 14.8. The van der Waals surface area contributed by atoms with Gasteiger partial charge in [-0.1, -0.05) is 6.07 Å². The highest BCUT2D eigenvalue weighted by atomic mass is 32.1. The van der Waals surface area contributed by atoms with Crippen molar-refractivity contribution in [3.8, 4) is 5.75 Å². The zero-order chi connectivity index (χ0) is 22.3. The molecular weight excluding hydrogens is 427 g/mol. The number of carboxylic acid groups (broad SMARTS) is 1. The van der Waals surface area contributed by atoms with E-state index in [0.29, 0.717) is 18.0 Å². The zero-order valence-corrected chi connectivity index (χ0v) is 17.3. The van der Waals surface area contributed by atoms with Crippen LogP contribution in [0.25, 0.3) is 10.9 Å². The molecule has 0 atom stereocenters. The molecule has 3 aromatic rings. The van der Waals surface area contributed by atoms with Gasteiger partial charge < -0.3 is 25.4 Å². The summed E-state index contributed by atoms with van der Waals surface area (Å²) in [5, 5.41) is 21.7. The first kappa shape index (κ1) is 20.7. The molecule has 1 saturated heterocycles. The molecule has 3 heterocycles. The smallest absolute Gasteiger partial charge is 0.341 e. The van der Waals surface area contributed by atoms with E-state index in [1.165, 1.54) is 23.1 Å². The van der Waals surface area contributed by atoms with Crippen molar-refractivity contribution in [2.45, 2.75) is 0 Å². The first-order valence-electron chi connectivity index (χ1n) is 9.43. The number of fused-ring (bicyclic) bond motifs is 1. The first-order valence-corrected chi connectivity index (χ1v) is 10.3. The summed E-state index contributed by atoms with van der Waals surface area (Å²) in [6.45, 7) is 1.24. The van der Waals surface area contributed by atoms with Crippen molar-refractivity contribution >= 4 is 39.8 Å². The largest absolute Gasteiger partial charge is 0.504 e. The third-order valence-corrected chi connectivity index (χ3v) is 6.13. The van der Waals surface area contributed by atoms with Crippen LogP contribution in [0.15, 0.2) is 34.6 Å². The maximum absolute atomic E-state index is 15.0. The molecule has 9 nitrogen and oxygen atoms in total. The van der Waals surface area contributed by atoms with E-state index < -0.39 is 28.5 Å². The molecule has 0 radical (unpaired) electrons. The number of hydrogen-bond donors (Lipinski definition) is 3. The average molecular weight is 446 g/mol. The van der Waals surface area contributed by atoms with E-state index in [2.05, 4.69) is 5.43 Å². The number of aromatic hydroxyl groups is 1. The van der Waals surface area contributed by atoms with E-state index in [4.69, 9.17) is 0 Å². The Labute approximate surface area is 179 Å². The second-order valence-corrected chi connectivity index (χ2v) is 7.93. The number of aromatic nitrogens is 1. The summed E-state index contributed by atoms with van der Waals surface area (Å²) in [6.07, 6.45) is 1.05. The number of carbonyl (C=O) groups excluding carboxylic acids is 1. The van der Waals surface area contributed by atoms with Crippen LogP contribution in [0.4, 0.5) is 10.1 Å². The molecule has 1 amide bonds. The summed E-state index contributed by atoms with van der Waals surface area (Å²) in [5.41, 5.74) is 1.13. The highest BCUT2D eigenvalue weighted by molar-refractivity contribution is 7.12. The van der Waals surface area contributed by atoms with Crippen molar-refractivity contribution < 1.29 is 24.2 Å². The standard InChI is InChI=1S/C20H19FN4O5S/c1-22-25-10-12(20(29)30)17(26)11-9-13(21)16(18(27)15(11)25)23-4-6-24(7-5-23)19(28)14-3-2-8-31-14/h2-3,8-10,22,27H,4-7H2,1H3,(H,29,30). The molecule has 0 spiro atoms. The molecule has 1 aliphatic rings. The number of halogens is 1. The zero-order valence-electron chi connectivity index (χ0n) is 16.5. The van der Waals surface area contributed by atoms with E-state index >= 15 is 0 Å². The Balaban J connectivity index is 1.71. The van der Waals surface area contributed by atoms with Crippen LogP contribution in [0.3, 0.4) is 0 Å². The molecule has 0 bridgehead atoms. The average Bonchev–Trinajstić information content (AvgIpc) is 3.29. The lowest BCUT2D eigenvalue weighted by Gasteiger charge is -2.36. The molecule has 1 aliphatic heterocycles. The Morgan fingerprint density at radius 2 is 1.94 bits per heavy atom. The number of benzene rings is 1. The van der Waals surface area contributed by atoms with Crippen LogP contribution in [-0.4, -0.2) is 64.9 Å². The number of carbonyl (C=O) groups is 2. The molecule has 31 heavy (non-hydrogen) atoms. The molecule has 3 N–H and O–H groups in total. The second kappa shape index (κ2) is 7.91. The van der Waals surface area contributed by atoms with Crippen LogP contribution in [0, 0.1) is 5.82 Å². The summed E-state index contributed by atoms with van der Waals surface area (Å²) < 4.78 is 16.2. The van der Waals surface area contributed by atoms with Gasteiger partial charge in [-0.25, -0.2) is 9.18 Å². The van der Waals surface area contributed by atoms with E-state index in [0.717, 1.165) is 12.3 Å². The molecule has 0 aliphatic carbocycles. The number of piperazine rings is 1. The van der Waals surface area contributed by atoms with E-state index in [9.17, 15) is 29.0 Å². The van der Waals surface area contributed by atoms with Gasteiger partial charge in [0.05, 0.1) is 10.3 Å². The Morgan fingerprint density at radius 3 is 2.52 bits per heavy atom. The number of thiophene rings is 1. The monoisotopic (exact) mass is 446 g/mol. The lowest BCUT2D eigenvalue weighted by Crippen LogP contribution is -2.49. The van der Waals surface area contributed by atoms with Crippen LogP contribution in [0.1, 0.15) is 20.0 Å². The van der Waals surface area contributed by atoms with Crippen molar-refractivity contribution in [3.63, 3.8) is 0 Å². The fraction of sp³-hybridized carbons (Fsp3) is 0.250. The number of pyridine rings is 1. The highest BCUT2D eigenvalue weighted by Crippen LogP contribution is 2.37. The molecule has 0 unspecified atom stereocenters. The number of aromatic carboxylic acids is 1. The van der Waals surface area contributed by atoms with Gasteiger partial charge in [0.1, 0.15) is 16.8 Å². The minimum Gasteiger partial charge on any atom is -0.504 e. The molecule has 1 aromatic carbocycles. The van der Waals surface area contributed by atoms with Gasteiger partial charge in [0.2, 0.25) is 5.43 Å². The van der Waals surface area contributed by atoms with Crippen LogP contribution in [0.5, 0.6) is 5.75 Å². The quantitative estimate of drug-likeness (QED) is 0.559. The predicted octanol–water partition coefficient (Wildman–Crippen LogP) is 1.74. The lowest BCUT2D eigenvalue weighted by molar-refractivity contribution is 0.0693. The van der Waals surface area contributed by atoms with Crippen LogP contribution in [0.2, 0.25) is 0 Å². The lowest BCUT2D eigenvalue weighted by atomic mass is 10.1. The Kier molecular flexibility index (Phi) is 5.27. The van der Waals surface area contributed by atoms with Gasteiger partial charge in [0, 0.05) is 39.4 Å². The number of nitrogens with one attached hydrogen (secondary N) is 1. The van der Waals surface area contributed by atoms with Gasteiger partial charge >= 0.3 is 5.97 Å². The Hall–Kier alpha value is -3.60. The normalized spacial score (nSPS) is 14.1. The van der Waals surface area contributed by atoms with Crippen LogP contribution >= 0.6 is 11.3 Å². The highest BCUT2D eigenvalue weighted by Gasteiger charge is 2.28. The summed E-state index contributed by atoms with van der Waals surface area (Å²) in [5.74, 6) is -2.86. The van der Waals surface area contributed by atoms with Gasteiger partial charge in [-0.05, 0) is 17.5 Å². The number of nitrogens with zero attached hydrogens (tertiary/aromatic N) is 3. The summed E-state index contributed by atoms with van der Waals surface area (Å²) in [6, 6.07) is 4.49. The van der Waals surface area contributed by atoms with Gasteiger partial charge in [-0.3, -0.25) is 14.3 Å². The Bertz CT molecular complexity index is 1230. The van der Waals surface area contributed by atoms with Gasteiger partial charge in [0.15, 0.2) is 11.6 Å². The molecule has 162 valence electrons. The summed E-state index contributed by atoms with van der Waals surface area (Å²) in [7, 11) is 1.48. The summed E-state index contributed by atoms with van der Waals surface area (Å²) >= 11 is 1.35. The molecule has 11 heteroatoms. The number of amides is 1. The van der Waals surface area contributed by atoms with Gasteiger partial charge in [-0.2, -0.15) is 0 Å². The number of carboxylic acids is 1.